The van der Waals surface area contributed by atoms with Gasteiger partial charge in [0.1, 0.15) is 0 Å². The lowest BCUT2D eigenvalue weighted by Gasteiger charge is -2.38. The average molecular weight is 265 g/mol. The van der Waals surface area contributed by atoms with E-state index in [9.17, 15) is 0 Å². The van der Waals surface area contributed by atoms with E-state index in [0.717, 1.165) is 6.54 Å². The fraction of sp³-hybridized carbons (Fsp3) is 0.368. The van der Waals surface area contributed by atoms with Crippen LogP contribution < -0.4 is 5.32 Å². The van der Waals surface area contributed by atoms with Crippen LogP contribution in [0.3, 0.4) is 0 Å². The van der Waals surface area contributed by atoms with E-state index >= 15 is 0 Å². The lowest BCUT2D eigenvalue weighted by molar-refractivity contribution is 0.418. The van der Waals surface area contributed by atoms with Gasteiger partial charge in [0.25, 0.3) is 0 Å². The van der Waals surface area contributed by atoms with E-state index in [1.54, 1.807) is 0 Å². The van der Waals surface area contributed by atoms with E-state index in [1.807, 2.05) is 0 Å². The summed E-state index contributed by atoms with van der Waals surface area (Å²) >= 11 is 0. The van der Waals surface area contributed by atoms with E-state index in [1.165, 1.54) is 34.2 Å². The first kappa shape index (κ1) is 13.4. The molecule has 0 saturated heterocycles. The molecule has 2 aromatic carbocycles. The summed E-state index contributed by atoms with van der Waals surface area (Å²) in [5, 5.41) is 3.70. The number of hydrogen-bond donors (Lipinski definition) is 1. The first-order chi connectivity index (χ1) is 9.70. The zero-order valence-corrected chi connectivity index (χ0v) is 12.6. The monoisotopic (exact) mass is 265 g/mol. The molecule has 0 aliphatic heterocycles. The molecule has 104 valence electrons. The Morgan fingerprint density at radius 1 is 1.15 bits per heavy atom. The molecule has 1 heteroatoms. The maximum Gasteiger partial charge on any atom is 0.0395 e. The van der Waals surface area contributed by atoms with Gasteiger partial charge in [-0.2, -0.15) is 0 Å². The summed E-state index contributed by atoms with van der Waals surface area (Å²) in [6.45, 7) is 7.60. The standard InChI is InChI=1S/C19H23N/c1-4-20-19(16-10-9-13(2)11-14(16)3)18-12-15-7-5-6-8-17(15)18/h5-11,18-20H,4,12H2,1-3H3. The molecule has 0 fully saturated rings. The second-order valence-corrected chi connectivity index (χ2v) is 5.90. The summed E-state index contributed by atoms with van der Waals surface area (Å²) in [6.07, 6.45) is 1.20. The molecule has 0 spiro atoms. The second-order valence-electron chi connectivity index (χ2n) is 5.90. The first-order valence-corrected chi connectivity index (χ1v) is 7.59. The average Bonchev–Trinajstić information content (AvgIpc) is 2.39. The highest BCUT2D eigenvalue weighted by molar-refractivity contribution is 5.44. The van der Waals surface area contributed by atoms with Crippen LogP contribution in [0.25, 0.3) is 0 Å². The molecular weight excluding hydrogens is 242 g/mol. The Hall–Kier alpha value is -1.60. The number of rotatable bonds is 4. The minimum absolute atomic E-state index is 0.440. The van der Waals surface area contributed by atoms with Crippen LogP contribution in [0.4, 0.5) is 0 Å². The predicted octanol–water partition coefficient (Wildman–Crippen LogP) is 4.29. The molecule has 0 bridgehead atoms. The maximum absolute atomic E-state index is 3.70. The third kappa shape index (κ3) is 2.27. The van der Waals surface area contributed by atoms with Crippen molar-refractivity contribution in [2.45, 2.75) is 39.2 Å². The maximum atomic E-state index is 3.70. The van der Waals surface area contributed by atoms with Crippen molar-refractivity contribution in [1.29, 1.82) is 0 Å². The quantitative estimate of drug-likeness (QED) is 0.869. The fourth-order valence-electron chi connectivity index (χ4n) is 3.46. The first-order valence-electron chi connectivity index (χ1n) is 7.59. The van der Waals surface area contributed by atoms with Gasteiger partial charge in [-0.3, -0.25) is 0 Å². The molecule has 2 aromatic rings. The van der Waals surface area contributed by atoms with E-state index in [4.69, 9.17) is 0 Å². The molecule has 0 amide bonds. The molecular formula is C19H23N. The van der Waals surface area contributed by atoms with Gasteiger partial charge < -0.3 is 5.32 Å². The molecule has 0 heterocycles. The van der Waals surface area contributed by atoms with Crippen molar-refractivity contribution in [2.24, 2.45) is 0 Å². The summed E-state index contributed by atoms with van der Waals surface area (Å²) < 4.78 is 0. The smallest absolute Gasteiger partial charge is 0.0395 e. The Morgan fingerprint density at radius 3 is 2.65 bits per heavy atom. The summed E-state index contributed by atoms with van der Waals surface area (Å²) in [5.74, 6) is 0.618. The Morgan fingerprint density at radius 2 is 1.95 bits per heavy atom. The predicted molar refractivity (Wildman–Crippen MR) is 85.2 cm³/mol. The molecule has 2 unspecified atom stereocenters. The van der Waals surface area contributed by atoms with Crippen molar-refractivity contribution in [3.05, 3.63) is 70.3 Å². The van der Waals surface area contributed by atoms with E-state index in [0.29, 0.717) is 12.0 Å². The van der Waals surface area contributed by atoms with Crippen LogP contribution in [0.5, 0.6) is 0 Å². The van der Waals surface area contributed by atoms with Gasteiger partial charge >= 0.3 is 0 Å². The molecule has 0 aromatic heterocycles. The van der Waals surface area contributed by atoms with Crippen LogP contribution in [0.2, 0.25) is 0 Å². The lowest BCUT2D eigenvalue weighted by Crippen LogP contribution is -2.33. The Balaban J connectivity index is 1.95. The highest BCUT2D eigenvalue weighted by Gasteiger charge is 2.33. The van der Waals surface area contributed by atoms with Gasteiger partial charge in [0.05, 0.1) is 0 Å². The molecule has 0 saturated carbocycles. The highest BCUT2D eigenvalue weighted by atomic mass is 14.9. The molecule has 1 nitrogen and oxygen atoms in total. The molecule has 0 radical (unpaired) electrons. The number of hydrogen-bond acceptors (Lipinski definition) is 1. The van der Waals surface area contributed by atoms with Crippen LogP contribution in [0.1, 0.15) is 46.7 Å². The van der Waals surface area contributed by atoms with Gasteiger partial charge in [0.2, 0.25) is 0 Å². The van der Waals surface area contributed by atoms with Crippen molar-refractivity contribution in [1.82, 2.24) is 5.32 Å². The number of likely N-dealkylation sites (N-methyl/N-ethyl adjacent to an activating group) is 1. The van der Waals surface area contributed by atoms with Gasteiger partial charge in [-0.05, 0) is 49.1 Å². The van der Waals surface area contributed by atoms with Gasteiger partial charge in [0, 0.05) is 12.0 Å². The number of nitrogens with one attached hydrogen (secondary N) is 1. The SMILES string of the molecule is CCNC(c1ccc(C)cc1C)C1Cc2ccccc21. The minimum Gasteiger partial charge on any atom is -0.310 e. The van der Waals surface area contributed by atoms with E-state index in [2.05, 4.69) is 68.6 Å². The molecule has 2 atom stereocenters. The van der Waals surface area contributed by atoms with E-state index in [-0.39, 0.29) is 0 Å². The fourth-order valence-corrected chi connectivity index (χ4v) is 3.46. The van der Waals surface area contributed by atoms with Crippen LogP contribution in [0.15, 0.2) is 42.5 Å². The Labute approximate surface area is 122 Å². The third-order valence-electron chi connectivity index (χ3n) is 4.48. The molecule has 1 aliphatic carbocycles. The zero-order chi connectivity index (χ0) is 14.1. The molecule has 1 N–H and O–H groups in total. The normalized spacial score (nSPS) is 18.2. The van der Waals surface area contributed by atoms with Crippen molar-refractivity contribution < 1.29 is 0 Å². The molecule has 3 rings (SSSR count). The van der Waals surface area contributed by atoms with Gasteiger partial charge in [0.15, 0.2) is 0 Å². The van der Waals surface area contributed by atoms with Crippen molar-refractivity contribution in [3.8, 4) is 0 Å². The minimum atomic E-state index is 0.440. The van der Waals surface area contributed by atoms with Crippen molar-refractivity contribution >= 4 is 0 Å². The van der Waals surface area contributed by atoms with Gasteiger partial charge in [-0.15, -0.1) is 0 Å². The zero-order valence-electron chi connectivity index (χ0n) is 12.6. The van der Waals surface area contributed by atoms with Crippen LogP contribution in [-0.2, 0) is 6.42 Å². The summed E-state index contributed by atoms with van der Waals surface area (Å²) in [4.78, 5) is 0. The number of fused-ring (bicyclic) bond motifs is 1. The lowest BCUT2D eigenvalue weighted by atomic mass is 9.71. The van der Waals surface area contributed by atoms with Gasteiger partial charge in [-0.25, -0.2) is 0 Å². The number of aryl methyl sites for hydroxylation is 2. The second kappa shape index (κ2) is 5.41. The topological polar surface area (TPSA) is 12.0 Å². The highest BCUT2D eigenvalue weighted by Crippen LogP contribution is 2.44. The largest absolute Gasteiger partial charge is 0.310 e. The third-order valence-corrected chi connectivity index (χ3v) is 4.48. The van der Waals surface area contributed by atoms with Crippen molar-refractivity contribution in [2.75, 3.05) is 6.54 Å². The number of benzene rings is 2. The Bertz CT molecular complexity index is 615. The van der Waals surface area contributed by atoms with Crippen LogP contribution in [0, 0.1) is 13.8 Å². The van der Waals surface area contributed by atoms with E-state index < -0.39 is 0 Å². The summed E-state index contributed by atoms with van der Waals surface area (Å²) in [5.41, 5.74) is 7.25. The van der Waals surface area contributed by atoms with Gasteiger partial charge in [-0.1, -0.05) is 55.0 Å². The van der Waals surface area contributed by atoms with Crippen LogP contribution >= 0.6 is 0 Å². The van der Waals surface area contributed by atoms with Crippen LogP contribution in [-0.4, -0.2) is 6.54 Å². The molecule has 20 heavy (non-hydrogen) atoms. The molecule has 1 aliphatic rings. The summed E-state index contributed by atoms with van der Waals surface area (Å²) in [7, 11) is 0. The Kier molecular flexibility index (Phi) is 3.62. The van der Waals surface area contributed by atoms with Crippen molar-refractivity contribution in [3.63, 3.8) is 0 Å². The summed E-state index contributed by atoms with van der Waals surface area (Å²) in [6, 6.07) is 16.1.